The van der Waals surface area contributed by atoms with E-state index in [4.69, 9.17) is 5.11 Å². The number of benzene rings is 1. The largest absolute Gasteiger partial charge is 0.481 e. The molecule has 2 aromatic rings. The highest BCUT2D eigenvalue weighted by Gasteiger charge is 2.29. The molecule has 22 heavy (non-hydrogen) atoms. The Bertz CT molecular complexity index is 796. The Labute approximate surface area is 126 Å². The maximum Gasteiger partial charge on any atom is 0.308 e. The van der Waals surface area contributed by atoms with Gasteiger partial charge in [0.15, 0.2) is 0 Å². The number of likely N-dealkylation sites (tertiary alicyclic amines) is 1. The van der Waals surface area contributed by atoms with Crippen LogP contribution in [0, 0.1) is 5.92 Å². The molecular formula is C16H16N2O4. The van der Waals surface area contributed by atoms with Crippen molar-refractivity contribution >= 4 is 22.8 Å². The van der Waals surface area contributed by atoms with Crippen molar-refractivity contribution in [2.24, 2.45) is 5.92 Å². The van der Waals surface area contributed by atoms with Crippen LogP contribution in [0.15, 0.2) is 35.1 Å². The first-order valence-corrected chi connectivity index (χ1v) is 7.20. The fraction of sp³-hybridized carbons (Fsp3) is 0.312. The quantitative estimate of drug-likeness (QED) is 0.878. The highest BCUT2D eigenvalue weighted by atomic mass is 16.4. The highest BCUT2D eigenvalue weighted by Crippen LogP contribution is 2.22. The number of nitrogens with zero attached hydrogens (tertiary/aromatic N) is 1. The number of carbonyl (C=O) groups excluding carboxylic acids is 1. The van der Waals surface area contributed by atoms with Crippen molar-refractivity contribution in [3.63, 3.8) is 0 Å². The number of hydrogen-bond donors (Lipinski definition) is 2. The van der Waals surface area contributed by atoms with Crippen molar-refractivity contribution in [3.8, 4) is 0 Å². The molecule has 1 unspecified atom stereocenters. The van der Waals surface area contributed by atoms with Gasteiger partial charge in [-0.05, 0) is 30.4 Å². The van der Waals surface area contributed by atoms with Crippen LogP contribution in [0.2, 0.25) is 0 Å². The van der Waals surface area contributed by atoms with Gasteiger partial charge < -0.3 is 15.0 Å². The molecule has 6 heteroatoms. The summed E-state index contributed by atoms with van der Waals surface area (Å²) in [5.41, 5.74) is 0.633. The minimum Gasteiger partial charge on any atom is -0.481 e. The molecule has 3 rings (SSSR count). The van der Waals surface area contributed by atoms with E-state index < -0.39 is 11.9 Å². The predicted molar refractivity (Wildman–Crippen MR) is 80.8 cm³/mol. The molecule has 6 nitrogen and oxygen atoms in total. The average molecular weight is 300 g/mol. The first kappa shape index (κ1) is 14.3. The number of H-pyrrole nitrogens is 1. The van der Waals surface area contributed by atoms with Crippen LogP contribution in [0.1, 0.15) is 23.2 Å². The molecule has 1 amide bonds. The molecule has 0 radical (unpaired) electrons. The SMILES string of the molecule is O=C(O)C1CCCN(C(=O)c2cccc3ccc(=O)[nH]c23)C1. The van der Waals surface area contributed by atoms with Crippen LogP contribution in [0.25, 0.3) is 10.9 Å². The second kappa shape index (κ2) is 5.63. The van der Waals surface area contributed by atoms with E-state index in [1.165, 1.54) is 6.07 Å². The number of aromatic nitrogens is 1. The van der Waals surface area contributed by atoms with Crippen LogP contribution < -0.4 is 5.56 Å². The molecule has 1 aromatic heterocycles. The first-order valence-electron chi connectivity index (χ1n) is 7.20. The number of rotatable bonds is 2. The molecular weight excluding hydrogens is 284 g/mol. The zero-order valence-electron chi connectivity index (χ0n) is 11.9. The molecule has 1 atom stereocenters. The van der Waals surface area contributed by atoms with Crippen molar-refractivity contribution in [1.82, 2.24) is 9.88 Å². The lowest BCUT2D eigenvalue weighted by Crippen LogP contribution is -2.42. The predicted octanol–water partition coefficient (Wildman–Crippen LogP) is 1.46. The normalized spacial score (nSPS) is 18.4. The molecule has 0 aliphatic carbocycles. The molecule has 0 spiro atoms. The number of carbonyl (C=O) groups is 2. The maximum atomic E-state index is 12.7. The van der Waals surface area contributed by atoms with Gasteiger partial charge in [-0.3, -0.25) is 14.4 Å². The van der Waals surface area contributed by atoms with Crippen molar-refractivity contribution < 1.29 is 14.7 Å². The number of carboxylic acid groups (broad SMARTS) is 1. The fourth-order valence-corrected chi connectivity index (χ4v) is 2.89. The van der Waals surface area contributed by atoms with Gasteiger partial charge in [0.1, 0.15) is 0 Å². The van der Waals surface area contributed by atoms with Gasteiger partial charge in [-0.2, -0.15) is 0 Å². The number of fused-ring (bicyclic) bond motifs is 1. The number of pyridine rings is 1. The van der Waals surface area contributed by atoms with E-state index in [0.29, 0.717) is 30.5 Å². The Morgan fingerprint density at radius 2 is 2.05 bits per heavy atom. The van der Waals surface area contributed by atoms with E-state index in [1.54, 1.807) is 23.1 Å². The van der Waals surface area contributed by atoms with Gasteiger partial charge in [-0.15, -0.1) is 0 Å². The third-order valence-corrected chi connectivity index (χ3v) is 4.05. The van der Waals surface area contributed by atoms with E-state index in [-0.39, 0.29) is 18.0 Å². The monoisotopic (exact) mass is 300 g/mol. The van der Waals surface area contributed by atoms with Crippen LogP contribution in [-0.4, -0.2) is 40.0 Å². The maximum absolute atomic E-state index is 12.7. The Balaban J connectivity index is 1.97. The second-order valence-electron chi connectivity index (χ2n) is 5.52. The number of hydrogen-bond acceptors (Lipinski definition) is 3. The number of nitrogens with one attached hydrogen (secondary N) is 1. The standard InChI is InChI=1S/C16H16N2O4/c19-13-7-6-10-3-1-5-12(14(10)17-13)15(20)18-8-2-4-11(9-18)16(21)22/h1,3,5-7,11H,2,4,8-9H2,(H,17,19)(H,21,22). The van der Waals surface area contributed by atoms with Crippen LogP contribution in [0.3, 0.4) is 0 Å². The Morgan fingerprint density at radius 1 is 1.23 bits per heavy atom. The van der Waals surface area contributed by atoms with Crippen LogP contribution in [-0.2, 0) is 4.79 Å². The molecule has 2 heterocycles. The minimum absolute atomic E-state index is 0.210. The lowest BCUT2D eigenvalue weighted by molar-refractivity contribution is -0.143. The Hall–Kier alpha value is -2.63. The van der Waals surface area contributed by atoms with Gasteiger partial charge in [0, 0.05) is 19.2 Å². The highest BCUT2D eigenvalue weighted by molar-refractivity contribution is 6.05. The summed E-state index contributed by atoms with van der Waals surface area (Å²) in [4.78, 5) is 39.6. The Morgan fingerprint density at radius 3 is 2.82 bits per heavy atom. The molecule has 1 aromatic carbocycles. The first-order chi connectivity index (χ1) is 10.6. The molecule has 0 saturated carbocycles. The average Bonchev–Trinajstić information content (AvgIpc) is 2.53. The van der Waals surface area contributed by atoms with Crippen LogP contribution >= 0.6 is 0 Å². The van der Waals surface area contributed by atoms with Gasteiger partial charge in [0.05, 0.1) is 17.0 Å². The number of aliphatic carboxylic acids is 1. The summed E-state index contributed by atoms with van der Waals surface area (Å²) in [5.74, 6) is -1.63. The summed E-state index contributed by atoms with van der Waals surface area (Å²) in [7, 11) is 0. The van der Waals surface area contributed by atoms with Gasteiger partial charge in [0.25, 0.3) is 5.91 Å². The van der Waals surface area contributed by atoms with Gasteiger partial charge in [0.2, 0.25) is 5.56 Å². The van der Waals surface area contributed by atoms with Crippen molar-refractivity contribution in [3.05, 3.63) is 46.2 Å². The molecule has 1 saturated heterocycles. The summed E-state index contributed by atoms with van der Waals surface area (Å²) in [5, 5.41) is 9.91. The van der Waals surface area contributed by atoms with Crippen molar-refractivity contribution in [2.45, 2.75) is 12.8 Å². The number of carboxylic acids is 1. The lowest BCUT2D eigenvalue weighted by Gasteiger charge is -2.31. The zero-order chi connectivity index (χ0) is 15.7. The lowest BCUT2D eigenvalue weighted by atomic mass is 9.97. The van der Waals surface area contributed by atoms with E-state index in [2.05, 4.69) is 4.98 Å². The third kappa shape index (κ3) is 2.59. The van der Waals surface area contributed by atoms with Crippen molar-refractivity contribution in [1.29, 1.82) is 0 Å². The Kier molecular flexibility index (Phi) is 3.66. The van der Waals surface area contributed by atoms with E-state index >= 15 is 0 Å². The molecule has 0 bridgehead atoms. The number of aromatic amines is 1. The van der Waals surface area contributed by atoms with Gasteiger partial charge in [-0.1, -0.05) is 12.1 Å². The smallest absolute Gasteiger partial charge is 0.308 e. The zero-order valence-corrected chi connectivity index (χ0v) is 11.9. The summed E-state index contributed by atoms with van der Waals surface area (Å²) in [6.45, 7) is 0.748. The van der Waals surface area contributed by atoms with E-state index in [1.807, 2.05) is 6.07 Å². The second-order valence-corrected chi connectivity index (χ2v) is 5.52. The van der Waals surface area contributed by atoms with Crippen LogP contribution in [0.5, 0.6) is 0 Å². The van der Waals surface area contributed by atoms with Crippen molar-refractivity contribution in [2.75, 3.05) is 13.1 Å². The molecule has 1 aliphatic heterocycles. The third-order valence-electron chi connectivity index (χ3n) is 4.05. The van der Waals surface area contributed by atoms with E-state index in [9.17, 15) is 14.4 Å². The molecule has 114 valence electrons. The summed E-state index contributed by atoms with van der Waals surface area (Å²) in [6, 6.07) is 8.31. The fourth-order valence-electron chi connectivity index (χ4n) is 2.89. The molecule has 1 fully saturated rings. The van der Waals surface area contributed by atoms with Gasteiger partial charge in [-0.25, -0.2) is 0 Å². The van der Waals surface area contributed by atoms with Crippen LogP contribution in [0.4, 0.5) is 0 Å². The van der Waals surface area contributed by atoms with E-state index in [0.717, 1.165) is 5.39 Å². The topological polar surface area (TPSA) is 90.5 Å². The minimum atomic E-state index is -0.871. The summed E-state index contributed by atoms with van der Waals surface area (Å²) in [6.07, 6.45) is 1.26. The summed E-state index contributed by atoms with van der Waals surface area (Å²) >= 11 is 0. The molecule has 1 aliphatic rings. The molecule has 2 N–H and O–H groups in total. The number of piperidine rings is 1. The van der Waals surface area contributed by atoms with Gasteiger partial charge >= 0.3 is 5.97 Å². The summed E-state index contributed by atoms with van der Waals surface area (Å²) < 4.78 is 0. The number of para-hydroxylation sites is 1. The number of amides is 1.